The van der Waals surface area contributed by atoms with Crippen LogP contribution in [0.5, 0.6) is 0 Å². The van der Waals surface area contributed by atoms with Crippen LogP contribution in [0.1, 0.15) is 90.4 Å². The summed E-state index contributed by atoms with van der Waals surface area (Å²) in [7, 11) is 0. The molecule has 0 spiro atoms. The van der Waals surface area contributed by atoms with Crippen LogP contribution in [0.4, 0.5) is 0 Å². The molecule has 1 aromatic carbocycles. The van der Waals surface area contributed by atoms with E-state index >= 15 is 0 Å². The number of fused-ring (bicyclic) bond motifs is 1. The second-order valence-electron chi connectivity index (χ2n) is 12.2. The number of ether oxygens (including phenoxy) is 1. The van der Waals surface area contributed by atoms with Crippen molar-refractivity contribution in [1.82, 2.24) is 9.47 Å². The third kappa shape index (κ3) is 5.77. The molecule has 5 nitrogen and oxygen atoms in total. The molecule has 2 aliphatic rings. The van der Waals surface area contributed by atoms with Gasteiger partial charge in [0.25, 0.3) is 0 Å². The first kappa shape index (κ1) is 26.2. The standard InChI is InChI=1S/C30H47N3O2/c1-21(2)22-10-12-23(13-11-22)32-17-14-24(15-18-32)33-27-9-7-6-8-25(27)26(20-31)28(33)16-19-35-29(34)30(3,4)5/h6-9,21-24H,10-20,31H2,1-5H3/t22-,23+. The van der Waals surface area contributed by atoms with Crippen molar-refractivity contribution in [1.29, 1.82) is 0 Å². The minimum absolute atomic E-state index is 0.144. The van der Waals surface area contributed by atoms with E-state index < -0.39 is 5.41 Å². The zero-order chi connectivity index (χ0) is 25.2. The van der Waals surface area contributed by atoms with Crippen LogP contribution in [0.2, 0.25) is 0 Å². The van der Waals surface area contributed by atoms with Gasteiger partial charge in [-0.05, 0) is 82.8 Å². The lowest BCUT2D eigenvalue weighted by Gasteiger charge is -2.42. The van der Waals surface area contributed by atoms with Crippen LogP contribution >= 0.6 is 0 Å². The Bertz CT molecular complexity index is 987. The minimum atomic E-state index is -0.482. The van der Waals surface area contributed by atoms with E-state index in [1.807, 2.05) is 20.8 Å². The van der Waals surface area contributed by atoms with Crippen molar-refractivity contribution in [2.45, 2.75) is 98.2 Å². The maximum atomic E-state index is 12.4. The van der Waals surface area contributed by atoms with Gasteiger partial charge >= 0.3 is 5.97 Å². The number of likely N-dealkylation sites (tertiary alicyclic amines) is 1. The fraction of sp³-hybridized carbons (Fsp3) is 0.700. The summed E-state index contributed by atoms with van der Waals surface area (Å²) in [5, 5.41) is 1.25. The molecule has 2 aromatic rings. The van der Waals surface area contributed by atoms with Crippen molar-refractivity contribution in [2.75, 3.05) is 19.7 Å². The monoisotopic (exact) mass is 481 g/mol. The molecule has 1 aliphatic heterocycles. The molecule has 2 N–H and O–H groups in total. The number of esters is 1. The first-order valence-corrected chi connectivity index (χ1v) is 13.9. The molecular weight excluding hydrogens is 434 g/mol. The number of nitrogens with zero attached hydrogens (tertiary/aromatic N) is 2. The average Bonchev–Trinajstić information content (AvgIpc) is 3.16. The highest BCUT2D eigenvalue weighted by Gasteiger charge is 2.32. The summed E-state index contributed by atoms with van der Waals surface area (Å²) in [6, 6.07) is 9.90. The Balaban J connectivity index is 1.49. The van der Waals surface area contributed by atoms with E-state index in [0.29, 0.717) is 25.6 Å². The lowest BCUT2D eigenvalue weighted by atomic mass is 9.79. The van der Waals surface area contributed by atoms with E-state index in [0.717, 1.165) is 17.9 Å². The summed E-state index contributed by atoms with van der Waals surface area (Å²) in [6.45, 7) is 13.7. The second kappa shape index (κ2) is 11.0. The van der Waals surface area contributed by atoms with E-state index in [4.69, 9.17) is 10.5 Å². The normalized spacial score (nSPS) is 22.7. The van der Waals surface area contributed by atoms with Crippen LogP contribution < -0.4 is 5.73 Å². The number of aromatic nitrogens is 1. The molecule has 1 saturated carbocycles. The van der Waals surface area contributed by atoms with Crippen molar-refractivity contribution < 1.29 is 9.53 Å². The molecule has 2 fully saturated rings. The average molecular weight is 482 g/mol. The van der Waals surface area contributed by atoms with Gasteiger partial charge in [-0.1, -0.05) is 32.0 Å². The van der Waals surface area contributed by atoms with Gasteiger partial charge in [0.1, 0.15) is 0 Å². The Morgan fingerprint density at radius 3 is 2.29 bits per heavy atom. The highest BCUT2D eigenvalue weighted by Crippen LogP contribution is 2.37. The van der Waals surface area contributed by atoms with Crippen LogP contribution in [-0.4, -0.2) is 41.2 Å². The summed E-state index contributed by atoms with van der Waals surface area (Å²) in [4.78, 5) is 15.1. The lowest BCUT2D eigenvalue weighted by Crippen LogP contribution is -2.44. The molecule has 35 heavy (non-hydrogen) atoms. The molecule has 194 valence electrons. The first-order chi connectivity index (χ1) is 16.7. The zero-order valence-corrected chi connectivity index (χ0v) is 22.7. The summed E-state index contributed by atoms with van der Waals surface area (Å²) >= 11 is 0. The van der Waals surface area contributed by atoms with Gasteiger partial charge < -0.3 is 19.9 Å². The Hall–Kier alpha value is -1.85. The molecule has 0 radical (unpaired) electrons. The Morgan fingerprint density at radius 2 is 1.69 bits per heavy atom. The number of para-hydroxylation sites is 1. The van der Waals surface area contributed by atoms with Crippen molar-refractivity contribution in [3.63, 3.8) is 0 Å². The van der Waals surface area contributed by atoms with Crippen LogP contribution in [0.25, 0.3) is 10.9 Å². The second-order valence-corrected chi connectivity index (χ2v) is 12.2. The molecule has 0 unspecified atom stereocenters. The lowest BCUT2D eigenvalue weighted by molar-refractivity contribution is -0.152. The van der Waals surface area contributed by atoms with Crippen molar-refractivity contribution in [3.05, 3.63) is 35.5 Å². The van der Waals surface area contributed by atoms with E-state index in [2.05, 4.69) is 47.6 Å². The van der Waals surface area contributed by atoms with Gasteiger partial charge in [0.15, 0.2) is 0 Å². The molecule has 1 aliphatic carbocycles. The molecule has 0 amide bonds. The summed E-state index contributed by atoms with van der Waals surface area (Å²) < 4.78 is 8.22. The fourth-order valence-corrected chi connectivity index (χ4v) is 6.40. The Morgan fingerprint density at radius 1 is 1.03 bits per heavy atom. The van der Waals surface area contributed by atoms with Gasteiger partial charge in [-0.15, -0.1) is 0 Å². The SMILES string of the molecule is CC(C)[C@H]1CC[C@@H](N2CCC(n3c(CCOC(=O)C(C)(C)C)c(CN)c4ccccc43)CC2)CC1. The third-order valence-corrected chi connectivity index (χ3v) is 8.58. The largest absolute Gasteiger partial charge is 0.465 e. The van der Waals surface area contributed by atoms with Gasteiger partial charge in [-0.25, -0.2) is 0 Å². The molecule has 1 aromatic heterocycles. The smallest absolute Gasteiger partial charge is 0.311 e. The predicted molar refractivity (Wildman–Crippen MR) is 144 cm³/mol. The van der Waals surface area contributed by atoms with E-state index in [9.17, 15) is 4.79 Å². The quantitative estimate of drug-likeness (QED) is 0.487. The summed E-state index contributed by atoms with van der Waals surface area (Å²) in [5.41, 5.74) is 9.55. The van der Waals surface area contributed by atoms with Crippen molar-refractivity contribution in [2.24, 2.45) is 23.0 Å². The van der Waals surface area contributed by atoms with Gasteiger partial charge in [0.05, 0.1) is 12.0 Å². The minimum Gasteiger partial charge on any atom is -0.465 e. The maximum Gasteiger partial charge on any atom is 0.311 e. The van der Waals surface area contributed by atoms with E-state index in [1.165, 1.54) is 73.8 Å². The molecule has 5 heteroatoms. The number of hydrogen-bond acceptors (Lipinski definition) is 4. The molecule has 0 bridgehead atoms. The summed E-state index contributed by atoms with van der Waals surface area (Å²) in [5.74, 6) is 1.59. The fourth-order valence-electron chi connectivity index (χ4n) is 6.40. The molecule has 0 atom stereocenters. The highest BCUT2D eigenvalue weighted by molar-refractivity contribution is 5.86. The number of carbonyl (C=O) groups excluding carboxylic acids is 1. The predicted octanol–water partition coefficient (Wildman–Crippen LogP) is 6.08. The molecule has 1 saturated heterocycles. The van der Waals surface area contributed by atoms with Crippen molar-refractivity contribution in [3.8, 4) is 0 Å². The number of nitrogens with two attached hydrogens (primary N) is 1. The molecular formula is C30H47N3O2. The third-order valence-electron chi connectivity index (χ3n) is 8.58. The first-order valence-electron chi connectivity index (χ1n) is 13.9. The van der Waals surface area contributed by atoms with Gasteiger partial charge in [0, 0.05) is 54.7 Å². The van der Waals surface area contributed by atoms with Crippen LogP contribution in [-0.2, 0) is 22.5 Å². The van der Waals surface area contributed by atoms with Crippen LogP contribution in [0.15, 0.2) is 24.3 Å². The molecule has 2 heterocycles. The number of hydrogen-bond donors (Lipinski definition) is 1. The number of benzene rings is 1. The summed E-state index contributed by atoms with van der Waals surface area (Å²) in [6.07, 6.45) is 8.55. The van der Waals surface area contributed by atoms with Crippen LogP contribution in [0.3, 0.4) is 0 Å². The number of piperidine rings is 1. The zero-order valence-electron chi connectivity index (χ0n) is 22.7. The van der Waals surface area contributed by atoms with E-state index in [1.54, 1.807) is 0 Å². The Labute approximate surface area is 212 Å². The van der Waals surface area contributed by atoms with Gasteiger partial charge in [0.2, 0.25) is 0 Å². The highest BCUT2D eigenvalue weighted by atomic mass is 16.5. The maximum absolute atomic E-state index is 12.4. The van der Waals surface area contributed by atoms with Crippen LogP contribution in [0, 0.1) is 17.3 Å². The topological polar surface area (TPSA) is 60.5 Å². The Kier molecular flexibility index (Phi) is 8.27. The molecule has 4 rings (SSSR count). The van der Waals surface area contributed by atoms with Crippen molar-refractivity contribution >= 4 is 16.9 Å². The number of rotatable bonds is 7. The van der Waals surface area contributed by atoms with Gasteiger partial charge in [-0.2, -0.15) is 0 Å². The number of carbonyl (C=O) groups is 1. The van der Waals surface area contributed by atoms with Gasteiger partial charge in [-0.3, -0.25) is 4.79 Å². The van der Waals surface area contributed by atoms with E-state index in [-0.39, 0.29) is 5.97 Å².